The van der Waals surface area contributed by atoms with E-state index in [2.05, 4.69) is 97.8 Å². The minimum atomic E-state index is -1.19. The predicted molar refractivity (Wildman–Crippen MR) is 425 cm³/mol. The topological polar surface area (TPSA) is 1250 Å². The van der Waals surface area contributed by atoms with Crippen molar-refractivity contribution in [1.29, 1.82) is 5.53 Å². The molecule has 2 aliphatic rings. The maximum absolute atomic E-state index is 12.0. The Bertz CT molecular complexity index is 2550. The van der Waals surface area contributed by atoms with E-state index in [4.69, 9.17) is 81.5 Å². The molecule has 0 saturated carbocycles. The molecule has 2 aromatic rings. The molecular weight excluding hydrogens is 1690 g/mol. The number of carboxylic acids is 6. The fraction of sp³-hybridized carbons (Fsp3) is 0.609. The quantitative estimate of drug-likeness (QED) is 0.00432. The summed E-state index contributed by atoms with van der Waals surface area (Å²) < 4.78 is 25.8. The van der Waals surface area contributed by atoms with Crippen molar-refractivity contribution < 1.29 is 201 Å². The highest BCUT2D eigenvalue weighted by Crippen LogP contribution is 2.45. The van der Waals surface area contributed by atoms with Crippen molar-refractivity contribution >= 4 is 123 Å². The van der Waals surface area contributed by atoms with Gasteiger partial charge in [0.05, 0.1) is 75.3 Å². The molecule has 114 heavy (non-hydrogen) atoms. The van der Waals surface area contributed by atoms with Crippen molar-refractivity contribution in [1.82, 2.24) is 53.1 Å². The van der Waals surface area contributed by atoms with Crippen LogP contribution in [-0.2, 0) is 76.4 Å². The Morgan fingerprint density at radius 1 is 0.588 bits per heavy atom. The summed E-state index contributed by atoms with van der Waals surface area (Å²) in [5, 5.41) is 78.5. The van der Waals surface area contributed by atoms with Gasteiger partial charge in [0.15, 0.2) is 0 Å². The van der Waals surface area contributed by atoms with E-state index in [1.165, 1.54) is 0 Å². The van der Waals surface area contributed by atoms with Crippen LogP contribution in [0.4, 0.5) is 11.6 Å². The van der Waals surface area contributed by atoms with Crippen LogP contribution < -0.4 is 73.7 Å². The average molecular weight is 1810 g/mol. The van der Waals surface area contributed by atoms with Crippen LogP contribution in [0.2, 0.25) is 0 Å². The van der Waals surface area contributed by atoms with Crippen LogP contribution in [0.5, 0.6) is 0 Å². The lowest BCUT2D eigenvalue weighted by Crippen LogP contribution is -2.49. The maximum atomic E-state index is 12.0. The van der Waals surface area contributed by atoms with E-state index in [1.807, 2.05) is 13.8 Å². The van der Waals surface area contributed by atoms with Crippen LogP contribution in [0.25, 0.3) is 20.9 Å². The van der Waals surface area contributed by atoms with Crippen LogP contribution in [-0.4, -0.2) is 272 Å². The third-order valence-corrected chi connectivity index (χ3v) is 15.3. The van der Waals surface area contributed by atoms with Gasteiger partial charge in [0.1, 0.15) is 49.2 Å². The summed E-state index contributed by atoms with van der Waals surface area (Å²) in [7, 11) is 7.84. The van der Waals surface area contributed by atoms with Gasteiger partial charge >= 0.3 is 47.2 Å². The Hall–Kier alpha value is -7.22. The molecule has 68 heteroatoms. The highest BCUT2D eigenvalue weighted by Gasteiger charge is 2.29. The van der Waals surface area contributed by atoms with E-state index in [-0.39, 0.29) is 160 Å². The number of anilines is 2. The molecule has 0 spiro atoms. The first-order chi connectivity index (χ1) is 46.3. The van der Waals surface area contributed by atoms with Crippen molar-refractivity contribution in [2.75, 3.05) is 36.9 Å². The second-order valence-corrected chi connectivity index (χ2v) is 27.5. The highest BCUT2D eigenvalue weighted by atomic mass is 32.4. The average Bonchev–Trinajstić information content (AvgIpc) is 1.76. The molecule has 0 aromatic carbocycles. The van der Waals surface area contributed by atoms with Gasteiger partial charge in [0, 0.05) is 67.7 Å². The van der Waals surface area contributed by atoms with Gasteiger partial charge in [0.25, 0.3) is 0 Å². The van der Waals surface area contributed by atoms with E-state index in [0.29, 0.717) is 67.0 Å². The Labute approximate surface area is 660 Å². The second kappa shape index (κ2) is 114. The molecule has 2 saturated heterocycles. The van der Waals surface area contributed by atoms with Crippen molar-refractivity contribution in [3.8, 4) is 0 Å². The van der Waals surface area contributed by atoms with Crippen molar-refractivity contribution in [2.45, 2.75) is 153 Å². The number of azide groups is 1. The zero-order valence-electron chi connectivity index (χ0n) is 60.3. The lowest BCUT2D eigenvalue weighted by Gasteiger charge is -2.16. The molecule has 2 fully saturated rings. The summed E-state index contributed by atoms with van der Waals surface area (Å²) in [6.07, 6.45) is 6.32. The fourth-order valence-corrected chi connectivity index (χ4v) is 10.0. The normalized spacial score (nSPS) is 13.6. The number of carbonyl (C=O) groups excluding carboxylic acids is 4. The molecular formula is C46H125N21O41P6. The van der Waals surface area contributed by atoms with Crippen LogP contribution >= 0.6 is 50.8 Å². The molecule has 2 aromatic heterocycles. The minimum absolute atomic E-state index is 0. The Balaban J connectivity index is -0.0000000410. The summed E-state index contributed by atoms with van der Waals surface area (Å²) in [5.41, 5.74) is 28.9. The number of nitrogens with one attached hydrogen (secondary N) is 7. The first-order valence-electron chi connectivity index (χ1n) is 27.3. The molecule has 6 unspecified atom stereocenters. The molecule has 0 aliphatic carbocycles. The Kier molecular flexibility index (Phi) is 167. The van der Waals surface area contributed by atoms with Gasteiger partial charge in [-0.1, -0.05) is 28.5 Å². The minimum Gasteiger partial charge on any atom is -0.481 e. The molecule has 14 atom stereocenters. The van der Waals surface area contributed by atoms with Gasteiger partial charge in [-0.25, -0.2) is 41.5 Å². The van der Waals surface area contributed by atoms with Crippen LogP contribution in [0.15, 0.2) is 39.2 Å². The van der Waals surface area contributed by atoms with Crippen LogP contribution in [0.3, 0.4) is 0 Å². The number of ether oxygens (including phenoxy) is 2. The first-order valence-corrected chi connectivity index (χ1v) is 36.8. The summed E-state index contributed by atoms with van der Waals surface area (Å²) in [5.74, 6) is 6.64. The number of hydrogen-bond acceptors (Lipinski definition) is 36. The summed E-state index contributed by atoms with van der Waals surface area (Å²) in [6, 6.07) is -1.03. The van der Waals surface area contributed by atoms with Crippen molar-refractivity contribution in [2.24, 2.45) is 22.8 Å². The lowest BCUT2D eigenvalue weighted by atomic mass is 10.1. The van der Waals surface area contributed by atoms with Gasteiger partial charge < -0.3 is 168 Å². The van der Waals surface area contributed by atoms with E-state index in [0.717, 1.165) is 54.7 Å². The van der Waals surface area contributed by atoms with Gasteiger partial charge in [0.2, 0.25) is 0 Å². The number of carboxylic acid groups (broad SMARTS) is 6. The number of aldehydes is 4. The lowest BCUT2D eigenvalue weighted by molar-refractivity contribution is -0.247. The smallest absolute Gasteiger partial charge is 0.351 e. The number of rotatable bonds is 39. The van der Waals surface area contributed by atoms with Crippen LogP contribution in [0, 0.1) is 5.53 Å². The number of hydrogen-bond donors (Lipinski definition) is 21. The van der Waals surface area contributed by atoms with Crippen LogP contribution in [0.1, 0.15) is 112 Å². The van der Waals surface area contributed by atoms with Crippen molar-refractivity contribution in [3.05, 3.63) is 66.4 Å². The second-order valence-electron chi connectivity index (χ2n) is 17.8. The molecule has 0 amide bonds. The first kappa shape index (κ1) is 166. The molecule has 0 radical (unpaired) electrons. The van der Waals surface area contributed by atoms with E-state index in [9.17, 15) is 57.5 Å². The monoisotopic (exact) mass is 1810 g/mol. The number of nitrogens with zero attached hydrogens (tertiary/aromatic N) is 9. The molecule has 4 rings (SSSR count). The molecule has 690 valence electrons. The number of hydrazine groups is 2. The summed E-state index contributed by atoms with van der Waals surface area (Å²) in [6.45, 7) is 6.63. The van der Waals surface area contributed by atoms with Gasteiger partial charge in [-0.2, -0.15) is 27.7 Å². The molecule has 4 heterocycles. The number of nitrogens with two attached hydrogens (primary N) is 3. The maximum Gasteiger partial charge on any atom is 0.351 e. The fourth-order valence-electron chi connectivity index (χ4n) is 6.83. The summed E-state index contributed by atoms with van der Waals surface area (Å²) in [4.78, 5) is 145. The molecule has 2 aliphatic heterocycles. The molecule has 56 N–H and O–H groups in total. The van der Waals surface area contributed by atoms with E-state index >= 15 is 0 Å². The summed E-state index contributed by atoms with van der Waals surface area (Å²) >= 11 is 0. The Morgan fingerprint density at radius 3 is 1.02 bits per heavy atom. The third kappa shape index (κ3) is 97.1. The van der Waals surface area contributed by atoms with Crippen molar-refractivity contribution in [3.63, 3.8) is 0 Å². The molecule has 62 nitrogen and oxygen atoms in total. The molecule has 0 bridgehead atoms. The number of aromatic nitrogens is 4. The largest absolute Gasteiger partial charge is 0.481 e. The standard InChI is InChI=1S/2C11H20N3O3P3.2C8H12N2O6.C7H11N3O4.CH4.HN3.H4N2O.H3NO2.2H3N.H2O2.14H2O.H2/c2*1-2-12-9-5-6-14(11(15)13-9)10-4-3-8(17-10)7-16-19-20-18;2*11-3-5(1-7(13)14)9-10-6(4-12)2-8(15)16;8-10-9-5(1-3-6(11)12)2-4-7(13)14;;3*1-3-2;;;1-2;;;;;;;;;;;;;;;/h2*5-6,8,10,19-20H,2-4,7,18H2,1H3,(H,12,13,15);2*3-6,9-10H,1-2H2,(H,13,14)(H,15,16);5H,1-4H2,(H,11,12)(H,13,14);1H4;1H;1-2H2;2H,1H2;2*1H3;1-2H;14*1H2;1H/t2*8-,10+;2*5-,6-;;;;;;;;;;;;;;;;;;;;;;;/m0000......................./s1. The number of carbonyl (C=O) groups is 10. The zero-order chi connectivity index (χ0) is 74.9. The Morgan fingerprint density at radius 2 is 0.833 bits per heavy atom. The predicted octanol–water partition coefficient (Wildman–Crippen LogP) is -8.93. The highest BCUT2D eigenvalue weighted by molar-refractivity contribution is 8.38. The SMILES string of the molecule is C.CCNc1ccn([C@H]2CC[C@@H](COPPP)O2)c(=O)n1.CCNc1ccn([C@H]2CC[C@@H](COPPP)O2)c(=O)n1.N.N.NON.NOO.O.O.O.O.O.O.O.O.O.O.O.O.O.O.O=C[C@H](CC(=O)O)NN[C@H](C=O)CC(=O)O.O=C[C@H](CC(=O)O)NN[C@H](C=O)CC(=O)O.OO.[HH].[N-]=[N+]=N.[N-]=[N+]=NC(CCC(=O)O)CCC(=O)O. The van der Waals surface area contributed by atoms with E-state index in [1.54, 1.807) is 38.6 Å². The van der Waals surface area contributed by atoms with E-state index < -0.39 is 91.7 Å². The third-order valence-electron chi connectivity index (χ3n) is 10.7. The van der Waals surface area contributed by atoms with Gasteiger partial charge in [-0.3, -0.25) is 48.4 Å². The van der Waals surface area contributed by atoms with Gasteiger partial charge in [-0.15, -0.1) is 28.4 Å². The van der Waals surface area contributed by atoms with Gasteiger partial charge in [-0.05, 0) is 80.5 Å². The number of aliphatic carboxylic acids is 6. The zero-order valence-corrected chi connectivity index (χ0v) is 66.6.